The minimum atomic E-state index is 0.169. The maximum absolute atomic E-state index is 6.61. The number of epoxide rings is 1. The number of rotatable bonds is 3. The van der Waals surface area contributed by atoms with Crippen molar-refractivity contribution in [1.29, 1.82) is 0 Å². The fourth-order valence-corrected chi connectivity index (χ4v) is 8.92. The van der Waals surface area contributed by atoms with Crippen molar-refractivity contribution in [1.82, 2.24) is 0 Å². The van der Waals surface area contributed by atoms with Gasteiger partial charge in [-0.05, 0) is 106 Å². The molecular formula is C28H46O. The van der Waals surface area contributed by atoms with E-state index in [-0.39, 0.29) is 5.60 Å². The largest absolute Gasteiger partial charge is 0.366 e. The molecule has 1 heteroatoms. The Kier molecular flexibility index (Phi) is 4.69. The van der Waals surface area contributed by atoms with Crippen molar-refractivity contribution >= 4 is 0 Å². The van der Waals surface area contributed by atoms with Crippen LogP contribution in [0.1, 0.15) is 112 Å². The number of hydrogen-bond donors (Lipinski definition) is 0. The lowest BCUT2D eigenvalue weighted by Crippen LogP contribution is -2.45. The summed E-state index contributed by atoms with van der Waals surface area (Å²) in [6.07, 6.45) is 17.5. The van der Waals surface area contributed by atoms with E-state index in [0.717, 1.165) is 23.7 Å². The molecular weight excluding hydrogens is 352 g/mol. The summed E-state index contributed by atoms with van der Waals surface area (Å²) in [6, 6.07) is 0. The first-order valence-electron chi connectivity index (χ1n) is 12.9. The molecule has 7 atom stereocenters. The first kappa shape index (κ1) is 20.6. The van der Waals surface area contributed by atoms with Crippen LogP contribution < -0.4 is 0 Å². The Morgan fingerprint density at radius 2 is 1.83 bits per heavy atom. The van der Waals surface area contributed by atoms with E-state index < -0.39 is 0 Å². The van der Waals surface area contributed by atoms with Gasteiger partial charge >= 0.3 is 0 Å². The van der Waals surface area contributed by atoms with Crippen molar-refractivity contribution < 1.29 is 4.74 Å². The van der Waals surface area contributed by atoms with E-state index in [4.69, 9.17) is 11.3 Å². The van der Waals surface area contributed by atoms with Gasteiger partial charge in [0.05, 0.1) is 11.7 Å². The molecule has 0 aromatic heterocycles. The lowest BCUT2D eigenvalue weighted by atomic mass is 9.51. The van der Waals surface area contributed by atoms with Gasteiger partial charge in [-0.1, -0.05) is 52.7 Å². The van der Waals surface area contributed by atoms with Crippen molar-refractivity contribution in [2.24, 2.45) is 39.9 Å². The highest BCUT2D eigenvalue weighted by molar-refractivity contribution is 5.23. The topological polar surface area (TPSA) is 12.5 Å². The Balaban J connectivity index is 1.33. The van der Waals surface area contributed by atoms with E-state index in [9.17, 15) is 0 Å². The summed E-state index contributed by atoms with van der Waals surface area (Å²) in [6.45, 7) is 16.9. The summed E-state index contributed by atoms with van der Waals surface area (Å²) in [4.78, 5) is 0. The van der Waals surface area contributed by atoms with Gasteiger partial charge in [-0.2, -0.15) is 0 Å². The lowest BCUT2D eigenvalue weighted by Gasteiger charge is -2.53. The minimum Gasteiger partial charge on any atom is -0.366 e. The van der Waals surface area contributed by atoms with Gasteiger partial charge in [0.1, 0.15) is 0 Å². The molecule has 1 aliphatic heterocycles. The monoisotopic (exact) mass is 398 g/mol. The zero-order chi connectivity index (χ0) is 20.7. The van der Waals surface area contributed by atoms with Gasteiger partial charge < -0.3 is 4.74 Å². The summed E-state index contributed by atoms with van der Waals surface area (Å²) >= 11 is 0. The maximum Gasteiger partial charge on any atom is 0.0930 e. The average molecular weight is 399 g/mol. The minimum absolute atomic E-state index is 0.169. The third-order valence-electron chi connectivity index (χ3n) is 10.6. The Hall–Kier alpha value is -0.300. The molecule has 0 bridgehead atoms. The standard InChI is InChI=1S/C28H46O/c1-19(2)7-8-21-9-12-27(16-21)13-14-28(18-27)15-20(3)22-17-25(4,5)23(22)10-11-26(6)24(28)29-26/h19,21-24H,3,7-18H2,1-2,4-6H3/t21-,22+,23+,24+,26+,27-,28-/m0/s1. The van der Waals surface area contributed by atoms with Crippen LogP contribution in [0.2, 0.25) is 0 Å². The van der Waals surface area contributed by atoms with Crippen molar-refractivity contribution in [2.45, 2.75) is 123 Å². The van der Waals surface area contributed by atoms with Crippen LogP contribution in [0.25, 0.3) is 0 Å². The third kappa shape index (κ3) is 3.37. The Bertz CT molecular complexity index is 676. The molecule has 0 aromatic rings. The zero-order valence-corrected chi connectivity index (χ0v) is 20.0. The van der Waals surface area contributed by atoms with E-state index in [2.05, 4.69) is 34.6 Å². The summed E-state index contributed by atoms with van der Waals surface area (Å²) in [5.41, 5.74) is 3.33. The third-order valence-corrected chi connectivity index (χ3v) is 10.6. The quantitative estimate of drug-likeness (QED) is 0.347. The van der Waals surface area contributed by atoms with Gasteiger partial charge in [-0.15, -0.1) is 0 Å². The summed E-state index contributed by atoms with van der Waals surface area (Å²) < 4.78 is 6.61. The van der Waals surface area contributed by atoms with Crippen LogP contribution >= 0.6 is 0 Å². The van der Waals surface area contributed by atoms with Crippen LogP contribution in [0.3, 0.4) is 0 Å². The normalized spacial score (nSPS) is 50.8. The van der Waals surface area contributed by atoms with Crippen LogP contribution in [0.15, 0.2) is 12.2 Å². The van der Waals surface area contributed by atoms with E-state index in [0.29, 0.717) is 22.3 Å². The predicted octanol–water partition coefficient (Wildman–Crippen LogP) is 7.94. The molecule has 4 aliphatic carbocycles. The van der Waals surface area contributed by atoms with Crippen LogP contribution in [-0.2, 0) is 4.74 Å². The summed E-state index contributed by atoms with van der Waals surface area (Å²) in [7, 11) is 0. The van der Waals surface area contributed by atoms with E-state index in [1.807, 2.05) is 0 Å². The highest BCUT2D eigenvalue weighted by Gasteiger charge is 2.68. The molecule has 0 radical (unpaired) electrons. The van der Waals surface area contributed by atoms with Crippen molar-refractivity contribution in [2.75, 3.05) is 0 Å². The van der Waals surface area contributed by atoms with Gasteiger partial charge in [0.2, 0.25) is 0 Å². The number of fused-ring (bicyclic) bond motifs is 3. The van der Waals surface area contributed by atoms with Gasteiger partial charge in [0, 0.05) is 5.41 Å². The molecule has 4 saturated carbocycles. The molecule has 29 heavy (non-hydrogen) atoms. The first-order chi connectivity index (χ1) is 13.6. The van der Waals surface area contributed by atoms with Crippen molar-refractivity contribution in [3.8, 4) is 0 Å². The molecule has 1 heterocycles. The molecule has 5 aliphatic rings. The second kappa shape index (κ2) is 6.60. The number of ether oxygens (including phenoxy) is 1. The number of allylic oxidation sites excluding steroid dienone is 1. The second-order valence-electron chi connectivity index (χ2n) is 13.7. The average Bonchev–Trinajstić information content (AvgIpc) is 2.99. The van der Waals surface area contributed by atoms with Gasteiger partial charge in [-0.3, -0.25) is 0 Å². The molecule has 2 spiro atoms. The zero-order valence-electron chi connectivity index (χ0n) is 20.0. The van der Waals surface area contributed by atoms with Gasteiger partial charge in [0.25, 0.3) is 0 Å². The van der Waals surface area contributed by atoms with E-state index >= 15 is 0 Å². The molecule has 1 saturated heterocycles. The molecule has 5 rings (SSSR count). The molecule has 0 amide bonds. The highest BCUT2D eigenvalue weighted by Crippen LogP contribution is 2.70. The van der Waals surface area contributed by atoms with Gasteiger partial charge in [0.15, 0.2) is 0 Å². The molecule has 0 unspecified atom stereocenters. The Morgan fingerprint density at radius 1 is 1.03 bits per heavy atom. The lowest BCUT2D eigenvalue weighted by molar-refractivity contribution is -0.00548. The second-order valence-corrected chi connectivity index (χ2v) is 13.7. The van der Waals surface area contributed by atoms with Gasteiger partial charge in [-0.25, -0.2) is 0 Å². The predicted molar refractivity (Wildman–Crippen MR) is 122 cm³/mol. The SMILES string of the molecule is C=C1C[C@]2(CC[C@]3(CC[C@H](CCC(C)C)C3)C2)[C@@H]2O[C@]2(C)CC[C@@H]2[C@@H]1CC2(C)C. The summed E-state index contributed by atoms with van der Waals surface area (Å²) in [5, 5.41) is 0. The molecule has 5 fully saturated rings. The van der Waals surface area contributed by atoms with Crippen molar-refractivity contribution in [3.05, 3.63) is 12.2 Å². The fraction of sp³-hybridized carbons (Fsp3) is 0.929. The fourth-order valence-electron chi connectivity index (χ4n) is 8.92. The highest BCUT2D eigenvalue weighted by atomic mass is 16.6. The van der Waals surface area contributed by atoms with Crippen LogP contribution in [0.5, 0.6) is 0 Å². The maximum atomic E-state index is 6.61. The Labute approximate surface area is 180 Å². The first-order valence-corrected chi connectivity index (χ1v) is 12.9. The smallest absolute Gasteiger partial charge is 0.0930 e. The van der Waals surface area contributed by atoms with E-state index in [1.165, 1.54) is 77.0 Å². The molecule has 1 nitrogen and oxygen atoms in total. The summed E-state index contributed by atoms with van der Waals surface area (Å²) in [5.74, 6) is 3.49. The van der Waals surface area contributed by atoms with Crippen LogP contribution in [-0.4, -0.2) is 11.7 Å². The van der Waals surface area contributed by atoms with E-state index in [1.54, 1.807) is 5.57 Å². The molecule has 0 aromatic carbocycles. The molecule has 164 valence electrons. The number of hydrogen-bond acceptors (Lipinski definition) is 1. The van der Waals surface area contributed by atoms with Crippen LogP contribution in [0.4, 0.5) is 0 Å². The molecule has 0 N–H and O–H groups in total. The van der Waals surface area contributed by atoms with Crippen LogP contribution in [0, 0.1) is 39.9 Å². The van der Waals surface area contributed by atoms with Crippen molar-refractivity contribution in [3.63, 3.8) is 0 Å². The Morgan fingerprint density at radius 3 is 2.55 bits per heavy atom.